The summed E-state index contributed by atoms with van der Waals surface area (Å²) in [5.74, 6) is -0.148. The summed E-state index contributed by atoms with van der Waals surface area (Å²) in [6, 6.07) is 2.19. The molecule has 0 bridgehead atoms. The van der Waals surface area contributed by atoms with Crippen molar-refractivity contribution in [1.29, 1.82) is 0 Å². The number of hydrogen-bond donors (Lipinski definition) is 0. The van der Waals surface area contributed by atoms with Gasteiger partial charge in [0, 0.05) is 23.3 Å². The van der Waals surface area contributed by atoms with E-state index in [4.69, 9.17) is 4.74 Å². The third-order valence-corrected chi connectivity index (χ3v) is 5.87. The van der Waals surface area contributed by atoms with Crippen LogP contribution in [0, 0.1) is 6.92 Å². The zero-order valence-corrected chi connectivity index (χ0v) is 16.9. The van der Waals surface area contributed by atoms with E-state index < -0.39 is 0 Å². The Morgan fingerprint density at radius 1 is 1.32 bits per heavy atom. The molecule has 1 aliphatic heterocycles. The molecule has 1 saturated heterocycles. The zero-order valence-electron chi connectivity index (χ0n) is 15.2. The molecule has 0 radical (unpaired) electrons. The van der Waals surface area contributed by atoms with Gasteiger partial charge in [-0.3, -0.25) is 4.79 Å². The maximum atomic E-state index is 11.1. The fraction of sp³-hybridized carbons (Fsp3) is 0.579. The van der Waals surface area contributed by atoms with Crippen molar-refractivity contribution < 1.29 is 14.3 Å². The Morgan fingerprint density at radius 3 is 2.72 bits per heavy atom. The summed E-state index contributed by atoms with van der Waals surface area (Å²) in [6.45, 7) is 5.14. The Labute approximate surface area is 158 Å². The molecule has 0 saturated carbocycles. The van der Waals surface area contributed by atoms with Crippen molar-refractivity contribution in [3.05, 3.63) is 38.0 Å². The van der Waals surface area contributed by atoms with Gasteiger partial charge in [0.25, 0.3) is 0 Å². The summed E-state index contributed by atoms with van der Waals surface area (Å²) in [7, 11) is 1.43. The molecule has 1 unspecified atom stereocenters. The Morgan fingerprint density at radius 2 is 2.16 bits per heavy atom. The highest BCUT2D eigenvalue weighted by molar-refractivity contribution is 7.10. The van der Waals surface area contributed by atoms with Gasteiger partial charge in [0.1, 0.15) is 0 Å². The van der Waals surface area contributed by atoms with Gasteiger partial charge in [-0.25, -0.2) is 4.98 Å². The van der Waals surface area contributed by atoms with E-state index in [0.717, 1.165) is 30.9 Å². The number of ether oxygens (including phenoxy) is 2. The van der Waals surface area contributed by atoms with Crippen LogP contribution in [0.3, 0.4) is 0 Å². The zero-order chi connectivity index (χ0) is 18.1. The predicted octanol–water partition coefficient (Wildman–Crippen LogP) is 4.59. The van der Waals surface area contributed by atoms with Crippen LogP contribution in [0.15, 0.2) is 16.8 Å². The van der Waals surface area contributed by atoms with Gasteiger partial charge in [-0.2, -0.15) is 0 Å². The fourth-order valence-electron chi connectivity index (χ4n) is 2.55. The maximum Gasteiger partial charge on any atom is 0.305 e. The SMILES string of the molecule is CC1CCCO1.COC(=O)CCc1csc(CCc2csc(C)n2)c1. The van der Waals surface area contributed by atoms with Crippen LogP contribution in [-0.4, -0.2) is 30.8 Å². The first-order chi connectivity index (χ1) is 12.1. The van der Waals surface area contributed by atoms with Crippen LogP contribution in [0.1, 0.15) is 47.3 Å². The first-order valence-electron chi connectivity index (χ1n) is 8.72. The van der Waals surface area contributed by atoms with Crippen molar-refractivity contribution in [3.8, 4) is 0 Å². The molecule has 2 aromatic heterocycles. The van der Waals surface area contributed by atoms with E-state index in [0.29, 0.717) is 12.5 Å². The number of thiazole rings is 1. The summed E-state index contributed by atoms with van der Waals surface area (Å²) in [4.78, 5) is 16.9. The number of methoxy groups -OCH3 is 1. The van der Waals surface area contributed by atoms with Crippen molar-refractivity contribution in [2.24, 2.45) is 0 Å². The molecule has 4 nitrogen and oxygen atoms in total. The second-order valence-corrected chi connectivity index (χ2v) is 8.24. The van der Waals surface area contributed by atoms with Crippen LogP contribution in [0.4, 0.5) is 0 Å². The van der Waals surface area contributed by atoms with Gasteiger partial charge in [0.2, 0.25) is 0 Å². The number of aromatic nitrogens is 1. The molecular formula is C19H27NO3S2. The van der Waals surface area contributed by atoms with Gasteiger partial charge in [0.15, 0.2) is 0 Å². The van der Waals surface area contributed by atoms with Crippen LogP contribution < -0.4 is 0 Å². The lowest BCUT2D eigenvalue weighted by Crippen LogP contribution is -2.01. The largest absolute Gasteiger partial charge is 0.469 e. The Bertz CT molecular complexity index is 645. The summed E-state index contributed by atoms with van der Waals surface area (Å²) >= 11 is 3.46. The number of thiophene rings is 1. The Balaban J connectivity index is 0.000000316. The first-order valence-corrected chi connectivity index (χ1v) is 10.5. The Kier molecular flexibility index (Phi) is 8.58. The predicted molar refractivity (Wildman–Crippen MR) is 104 cm³/mol. The maximum absolute atomic E-state index is 11.1. The van der Waals surface area contributed by atoms with Gasteiger partial charge >= 0.3 is 5.97 Å². The molecule has 6 heteroatoms. The number of hydrogen-bond acceptors (Lipinski definition) is 6. The molecule has 1 aliphatic rings. The van der Waals surface area contributed by atoms with E-state index in [2.05, 4.69) is 33.5 Å². The highest BCUT2D eigenvalue weighted by Crippen LogP contribution is 2.19. The molecule has 0 N–H and O–H groups in total. The summed E-state index contributed by atoms with van der Waals surface area (Å²) in [6.07, 6.45) is 6.30. The number of carbonyl (C=O) groups is 1. The normalized spacial score (nSPS) is 16.4. The topological polar surface area (TPSA) is 48.4 Å². The molecule has 1 atom stereocenters. The number of esters is 1. The molecule has 0 aromatic carbocycles. The smallest absolute Gasteiger partial charge is 0.305 e. The molecule has 1 fully saturated rings. The third-order valence-electron chi connectivity index (χ3n) is 4.00. The van der Waals surface area contributed by atoms with Crippen molar-refractivity contribution >= 4 is 28.6 Å². The van der Waals surface area contributed by atoms with E-state index in [1.165, 1.54) is 36.1 Å². The number of carbonyl (C=O) groups excluding carboxylic acids is 1. The lowest BCUT2D eigenvalue weighted by molar-refractivity contribution is -0.140. The summed E-state index contributed by atoms with van der Waals surface area (Å²) in [5.41, 5.74) is 2.40. The van der Waals surface area contributed by atoms with Crippen molar-refractivity contribution in [3.63, 3.8) is 0 Å². The standard InChI is InChI=1S/C14H17NO2S2.C5H10O/c1-10-15-12(9-18-10)4-5-13-7-11(8-19-13)3-6-14(16)17-2;1-5-3-2-4-6-5/h7-9H,3-6H2,1-2H3;5H,2-4H2,1H3. The second-order valence-electron chi connectivity index (χ2n) is 6.18. The van der Waals surface area contributed by atoms with Crippen molar-refractivity contribution in [2.45, 2.75) is 58.5 Å². The molecule has 25 heavy (non-hydrogen) atoms. The van der Waals surface area contributed by atoms with E-state index in [-0.39, 0.29) is 5.97 Å². The fourth-order valence-corrected chi connectivity index (χ4v) is 4.12. The molecule has 2 aromatic rings. The molecule has 0 aliphatic carbocycles. The molecule has 3 heterocycles. The number of nitrogens with zero attached hydrogens (tertiary/aromatic N) is 1. The average molecular weight is 382 g/mol. The summed E-state index contributed by atoms with van der Waals surface area (Å²) < 4.78 is 9.80. The minimum Gasteiger partial charge on any atom is -0.469 e. The van der Waals surface area contributed by atoms with Gasteiger partial charge in [-0.05, 0) is 63.0 Å². The van der Waals surface area contributed by atoms with Crippen molar-refractivity contribution in [1.82, 2.24) is 4.98 Å². The van der Waals surface area contributed by atoms with Crippen molar-refractivity contribution in [2.75, 3.05) is 13.7 Å². The van der Waals surface area contributed by atoms with Gasteiger partial charge in [0.05, 0.1) is 23.9 Å². The van der Waals surface area contributed by atoms with E-state index in [1.54, 1.807) is 22.7 Å². The Hall–Kier alpha value is -1.24. The quantitative estimate of drug-likeness (QED) is 0.687. The van der Waals surface area contributed by atoms with E-state index >= 15 is 0 Å². The monoisotopic (exact) mass is 381 g/mol. The van der Waals surface area contributed by atoms with Gasteiger partial charge in [-0.1, -0.05) is 0 Å². The molecule has 3 rings (SSSR count). The van der Waals surface area contributed by atoms with Crippen LogP contribution in [-0.2, 0) is 33.5 Å². The number of aryl methyl sites for hydroxylation is 4. The number of rotatable bonds is 6. The molecule has 138 valence electrons. The minimum absolute atomic E-state index is 0.148. The van der Waals surface area contributed by atoms with Gasteiger partial charge < -0.3 is 9.47 Å². The minimum atomic E-state index is -0.148. The highest BCUT2D eigenvalue weighted by Gasteiger charge is 2.07. The third kappa shape index (κ3) is 7.67. The lowest BCUT2D eigenvalue weighted by Gasteiger charge is -1.97. The second kappa shape index (κ2) is 10.7. The molecule has 0 amide bonds. The van der Waals surface area contributed by atoms with Crippen LogP contribution in [0.5, 0.6) is 0 Å². The average Bonchev–Trinajstić information content (AvgIpc) is 3.34. The van der Waals surface area contributed by atoms with E-state index in [9.17, 15) is 4.79 Å². The first kappa shape index (κ1) is 20.1. The van der Waals surface area contributed by atoms with Crippen LogP contribution in [0.25, 0.3) is 0 Å². The van der Waals surface area contributed by atoms with Gasteiger partial charge in [-0.15, -0.1) is 22.7 Å². The van der Waals surface area contributed by atoms with Crippen LogP contribution in [0.2, 0.25) is 0 Å². The lowest BCUT2D eigenvalue weighted by atomic mass is 10.1. The van der Waals surface area contributed by atoms with Crippen LogP contribution >= 0.6 is 22.7 Å². The molecular weight excluding hydrogens is 354 g/mol. The molecule has 0 spiro atoms. The highest BCUT2D eigenvalue weighted by atomic mass is 32.1. The summed E-state index contributed by atoms with van der Waals surface area (Å²) in [5, 5.41) is 5.38. The van der Waals surface area contributed by atoms with E-state index in [1.807, 2.05) is 6.92 Å².